The summed E-state index contributed by atoms with van der Waals surface area (Å²) < 4.78 is 41.2. The van der Waals surface area contributed by atoms with Gasteiger partial charge in [-0.3, -0.25) is 0 Å². The van der Waals surface area contributed by atoms with Crippen LogP contribution >= 0.6 is 0 Å². The third kappa shape index (κ3) is 2.88. The van der Waals surface area contributed by atoms with Crippen LogP contribution in [0.3, 0.4) is 0 Å². The van der Waals surface area contributed by atoms with E-state index in [-0.39, 0.29) is 11.6 Å². The van der Waals surface area contributed by atoms with Crippen molar-refractivity contribution < 1.29 is 17.2 Å². The third-order valence-electron chi connectivity index (χ3n) is 2.66. The fourth-order valence-electron chi connectivity index (χ4n) is 1.82. The molecule has 0 spiro atoms. The predicted octanol–water partition coefficient (Wildman–Crippen LogP) is 1.88. The van der Waals surface area contributed by atoms with Gasteiger partial charge in [-0.15, -0.1) is 0 Å². The Balaban J connectivity index is 2.39. The fraction of sp³-hybridized carbons (Fsp3) is 0.333. The Hall–Kier alpha value is -1.40. The molecule has 1 atom stereocenters. The molecule has 0 amide bonds. The monoisotopic (exact) mass is 271 g/mol. The number of hydrogen-bond donors (Lipinski definition) is 1. The number of halogens is 1. The number of sulfone groups is 1. The summed E-state index contributed by atoms with van der Waals surface area (Å²) in [6.45, 7) is 0. The van der Waals surface area contributed by atoms with E-state index in [0.29, 0.717) is 16.7 Å². The standard InChI is InChI=1S/C12H14FNO3S/c1-14-10(7-18(2,15)16)12-6-8-5-9(13)3-4-11(8)17-12/h3-6,10,14H,7H2,1-2H3. The molecule has 0 aliphatic heterocycles. The molecule has 1 N–H and O–H groups in total. The van der Waals surface area contributed by atoms with Crippen LogP contribution in [0.4, 0.5) is 4.39 Å². The number of furan rings is 1. The lowest BCUT2D eigenvalue weighted by molar-refractivity contribution is 0.472. The Morgan fingerprint density at radius 2 is 2.11 bits per heavy atom. The summed E-state index contributed by atoms with van der Waals surface area (Å²) in [5.41, 5.74) is 0.542. The van der Waals surface area contributed by atoms with Gasteiger partial charge in [0.05, 0.1) is 11.8 Å². The van der Waals surface area contributed by atoms with Gasteiger partial charge in [-0.05, 0) is 31.3 Å². The van der Waals surface area contributed by atoms with Crippen LogP contribution in [0.2, 0.25) is 0 Å². The molecule has 0 fully saturated rings. The first-order valence-electron chi connectivity index (χ1n) is 5.43. The van der Waals surface area contributed by atoms with Crippen LogP contribution in [-0.4, -0.2) is 27.5 Å². The van der Waals surface area contributed by atoms with Crippen molar-refractivity contribution in [2.45, 2.75) is 6.04 Å². The van der Waals surface area contributed by atoms with Crippen LogP contribution in [0.25, 0.3) is 11.0 Å². The van der Waals surface area contributed by atoms with Gasteiger partial charge in [0.1, 0.15) is 27.0 Å². The average Bonchev–Trinajstić information content (AvgIpc) is 2.67. The second kappa shape index (κ2) is 4.70. The molecule has 0 radical (unpaired) electrons. The van der Waals surface area contributed by atoms with Gasteiger partial charge in [-0.25, -0.2) is 12.8 Å². The highest BCUT2D eigenvalue weighted by atomic mass is 32.2. The van der Waals surface area contributed by atoms with E-state index >= 15 is 0 Å². The van der Waals surface area contributed by atoms with Crippen molar-refractivity contribution in [3.8, 4) is 0 Å². The van der Waals surface area contributed by atoms with E-state index in [1.54, 1.807) is 13.1 Å². The molecule has 1 unspecified atom stereocenters. The Morgan fingerprint density at radius 3 is 2.72 bits per heavy atom. The molecule has 1 aromatic heterocycles. The lowest BCUT2D eigenvalue weighted by Crippen LogP contribution is -2.24. The summed E-state index contributed by atoms with van der Waals surface area (Å²) in [6.07, 6.45) is 1.17. The molecule has 1 heterocycles. The molecular weight excluding hydrogens is 257 g/mol. The molecule has 2 rings (SSSR count). The third-order valence-corrected chi connectivity index (χ3v) is 3.60. The smallest absolute Gasteiger partial charge is 0.149 e. The number of rotatable bonds is 4. The number of benzene rings is 1. The summed E-state index contributed by atoms with van der Waals surface area (Å²) in [6, 6.07) is 5.41. The van der Waals surface area contributed by atoms with E-state index in [0.717, 1.165) is 0 Å². The zero-order chi connectivity index (χ0) is 13.3. The molecule has 0 bridgehead atoms. The Bertz CT molecular complexity index is 663. The molecule has 18 heavy (non-hydrogen) atoms. The van der Waals surface area contributed by atoms with Crippen LogP contribution in [0, 0.1) is 5.82 Å². The van der Waals surface area contributed by atoms with Crippen molar-refractivity contribution in [3.05, 3.63) is 35.8 Å². The van der Waals surface area contributed by atoms with Gasteiger partial charge in [0, 0.05) is 11.6 Å². The molecule has 0 saturated carbocycles. The highest BCUT2D eigenvalue weighted by Gasteiger charge is 2.19. The molecule has 0 saturated heterocycles. The summed E-state index contributed by atoms with van der Waals surface area (Å²) in [7, 11) is -1.47. The SMILES string of the molecule is CNC(CS(C)(=O)=O)c1cc2cc(F)ccc2o1. The van der Waals surface area contributed by atoms with Gasteiger partial charge in [-0.1, -0.05) is 0 Å². The van der Waals surface area contributed by atoms with Crippen LogP contribution in [-0.2, 0) is 9.84 Å². The van der Waals surface area contributed by atoms with E-state index in [9.17, 15) is 12.8 Å². The zero-order valence-corrected chi connectivity index (χ0v) is 10.9. The highest BCUT2D eigenvalue weighted by Crippen LogP contribution is 2.25. The molecular formula is C12H14FNO3S. The predicted molar refractivity (Wildman–Crippen MR) is 67.7 cm³/mol. The summed E-state index contributed by atoms with van der Waals surface area (Å²) in [5.74, 6) is 0.0775. The van der Waals surface area contributed by atoms with Gasteiger partial charge in [0.25, 0.3) is 0 Å². The van der Waals surface area contributed by atoms with Crippen LogP contribution in [0.15, 0.2) is 28.7 Å². The van der Waals surface area contributed by atoms with Crippen LogP contribution in [0.1, 0.15) is 11.8 Å². The van der Waals surface area contributed by atoms with Crippen LogP contribution in [0.5, 0.6) is 0 Å². The van der Waals surface area contributed by atoms with Crippen molar-refractivity contribution in [3.63, 3.8) is 0 Å². The van der Waals surface area contributed by atoms with Gasteiger partial charge >= 0.3 is 0 Å². The van der Waals surface area contributed by atoms with Crippen LogP contribution < -0.4 is 5.32 Å². The second-order valence-corrected chi connectivity index (χ2v) is 6.45. The average molecular weight is 271 g/mol. The molecule has 1 aromatic carbocycles. The fourth-order valence-corrected chi connectivity index (χ4v) is 2.75. The zero-order valence-electron chi connectivity index (χ0n) is 10.1. The number of fused-ring (bicyclic) bond motifs is 1. The molecule has 0 aliphatic rings. The van der Waals surface area contributed by atoms with Crippen molar-refractivity contribution in [1.29, 1.82) is 0 Å². The minimum Gasteiger partial charge on any atom is -0.459 e. The Labute approximate surface area is 105 Å². The molecule has 6 heteroatoms. The lowest BCUT2D eigenvalue weighted by atomic mass is 10.2. The van der Waals surface area contributed by atoms with E-state index < -0.39 is 15.9 Å². The summed E-state index contributed by atoms with van der Waals surface area (Å²) in [5, 5.41) is 3.51. The molecule has 2 aromatic rings. The van der Waals surface area contributed by atoms with Crippen molar-refractivity contribution >= 4 is 20.8 Å². The Kier molecular flexibility index (Phi) is 3.41. The summed E-state index contributed by atoms with van der Waals surface area (Å²) in [4.78, 5) is 0. The largest absolute Gasteiger partial charge is 0.459 e. The summed E-state index contributed by atoms with van der Waals surface area (Å²) >= 11 is 0. The Morgan fingerprint density at radius 1 is 1.39 bits per heavy atom. The first-order chi connectivity index (χ1) is 8.39. The maximum absolute atomic E-state index is 13.0. The van der Waals surface area contributed by atoms with Crippen molar-refractivity contribution in [2.75, 3.05) is 19.1 Å². The van der Waals surface area contributed by atoms with E-state index in [2.05, 4.69) is 5.32 Å². The maximum atomic E-state index is 13.0. The maximum Gasteiger partial charge on any atom is 0.149 e. The van der Waals surface area contributed by atoms with Crippen molar-refractivity contribution in [2.24, 2.45) is 0 Å². The lowest BCUT2D eigenvalue weighted by Gasteiger charge is -2.11. The molecule has 4 nitrogen and oxygen atoms in total. The normalized spacial score (nSPS) is 13.9. The number of nitrogens with one attached hydrogen (secondary N) is 1. The highest BCUT2D eigenvalue weighted by molar-refractivity contribution is 7.90. The van der Waals surface area contributed by atoms with Gasteiger partial charge in [-0.2, -0.15) is 0 Å². The molecule has 98 valence electrons. The first-order valence-corrected chi connectivity index (χ1v) is 7.49. The number of hydrogen-bond acceptors (Lipinski definition) is 4. The minimum absolute atomic E-state index is 0.0637. The topological polar surface area (TPSA) is 59.3 Å². The first kappa shape index (κ1) is 13.0. The molecule has 0 aliphatic carbocycles. The minimum atomic E-state index is -3.13. The van der Waals surface area contributed by atoms with Gasteiger partial charge < -0.3 is 9.73 Å². The van der Waals surface area contributed by atoms with E-state index in [1.807, 2.05) is 0 Å². The van der Waals surface area contributed by atoms with E-state index in [1.165, 1.54) is 24.5 Å². The van der Waals surface area contributed by atoms with Crippen molar-refractivity contribution in [1.82, 2.24) is 5.32 Å². The second-order valence-electron chi connectivity index (χ2n) is 4.26. The van der Waals surface area contributed by atoms with E-state index in [4.69, 9.17) is 4.42 Å². The van der Waals surface area contributed by atoms with Gasteiger partial charge in [0.2, 0.25) is 0 Å². The van der Waals surface area contributed by atoms with Gasteiger partial charge in [0.15, 0.2) is 0 Å². The quantitative estimate of drug-likeness (QED) is 0.922.